The molecule has 0 bridgehead atoms. The second kappa shape index (κ2) is 10.6. The first kappa shape index (κ1) is 27.6. The summed E-state index contributed by atoms with van der Waals surface area (Å²) in [5.41, 5.74) is -0.447. The number of ether oxygens (including phenoxy) is 1. The third kappa shape index (κ3) is 9.30. The Hall–Kier alpha value is -1.41. The van der Waals surface area contributed by atoms with Crippen molar-refractivity contribution in [3.63, 3.8) is 0 Å². The van der Waals surface area contributed by atoms with Crippen molar-refractivity contribution in [3.05, 3.63) is 23.8 Å². The molecule has 158 valence electrons. The van der Waals surface area contributed by atoms with Gasteiger partial charge in [-0.05, 0) is 38.9 Å². The average molecular weight is 418 g/mol. The molecule has 29 heavy (non-hydrogen) atoms. The molecule has 10 heteroatoms. The van der Waals surface area contributed by atoms with Crippen molar-refractivity contribution in [2.75, 3.05) is 13.2 Å². The van der Waals surface area contributed by atoms with Crippen LogP contribution in [0.25, 0.3) is 0 Å². The van der Waals surface area contributed by atoms with Crippen LogP contribution < -0.4 is 24.0 Å². The van der Waals surface area contributed by atoms with Gasteiger partial charge in [-0.15, -0.1) is 0 Å². The van der Waals surface area contributed by atoms with Gasteiger partial charge in [0.2, 0.25) is 0 Å². The molecule has 0 aliphatic rings. The monoisotopic (exact) mass is 417 g/mol. The number of carbonyl (C=O) groups is 2. The minimum Gasteiger partial charge on any atom is -0.543 e. The summed E-state index contributed by atoms with van der Waals surface area (Å²) in [6, 6.07) is 0. The Labute approximate surface area is 186 Å². The molecule has 0 unspecified atom stereocenters. The van der Waals surface area contributed by atoms with E-state index in [4.69, 9.17) is 9.16 Å². The molecule has 0 aromatic carbocycles. The molecule has 1 aromatic rings. The van der Waals surface area contributed by atoms with Gasteiger partial charge < -0.3 is 19.1 Å². The fourth-order valence-corrected chi connectivity index (χ4v) is 2.96. The standard InChI is InChI=1S/C19H33N3O5Si.Li/c1-18(2,3)27-17(25)22(9-10-26-28(7,8)19(4,5)6)13-14-11-21-15(12-20-14)16(23)24;/h11-12H,9-10,13H2,1-8H3,(H,23,24);/q;+1/p-1. The van der Waals surface area contributed by atoms with E-state index < -0.39 is 26.0 Å². The normalized spacial score (nSPS) is 12.1. The summed E-state index contributed by atoms with van der Waals surface area (Å²) in [6.45, 7) is 17.0. The maximum absolute atomic E-state index is 12.6. The van der Waals surface area contributed by atoms with Gasteiger partial charge in [0, 0.05) is 6.54 Å². The smallest absolute Gasteiger partial charge is 0.543 e. The molecule has 0 aliphatic carbocycles. The summed E-state index contributed by atoms with van der Waals surface area (Å²) in [5.74, 6) is -1.40. The van der Waals surface area contributed by atoms with Gasteiger partial charge in [-0.2, -0.15) is 0 Å². The van der Waals surface area contributed by atoms with Crippen LogP contribution >= 0.6 is 0 Å². The van der Waals surface area contributed by atoms with E-state index in [-0.39, 0.29) is 36.1 Å². The quantitative estimate of drug-likeness (QED) is 0.556. The zero-order chi connectivity index (χ0) is 21.8. The number of carboxylic acids is 1. The van der Waals surface area contributed by atoms with Gasteiger partial charge in [0.15, 0.2) is 8.32 Å². The molecular weight excluding hydrogens is 385 g/mol. The molecule has 1 amide bonds. The van der Waals surface area contributed by atoms with E-state index in [1.54, 1.807) is 20.8 Å². The number of carboxylic acid groups (broad SMARTS) is 1. The van der Waals surface area contributed by atoms with Crippen molar-refractivity contribution in [1.29, 1.82) is 0 Å². The zero-order valence-electron chi connectivity index (χ0n) is 19.2. The SMILES string of the molecule is CC(C)(C)OC(=O)N(CCO[Si](C)(C)C(C)(C)C)Cc1cnc(C(=O)[O-])cn1.[Li+]. The van der Waals surface area contributed by atoms with E-state index >= 15 is 0 Å². The van der Waals surface area contributed by atoms with E-state index in [2.05, 4.69) is 43.8 Å². The molecule has 0 spiro atoms. The summed E-state index contributed by atoms with van der Waals surface area (Å²) in [7, 11) is -1.94. The molecular formula is C19H32LiN3O5Si. The molecule has 0 aliphatic heterocycles. The minimum atomic E-state index is -1.94. The fourth-order valence-electron chi connectivity index (χ4n) is 1.93. The van der Waals surface area contributed by atoms with E-state index in [1.165, 1.54) is 11.1 Å². The zero-order valence-corrected chi connectivity index (χ0v) is 20.2. The Kier molecular flexibility index (Phi) is 10.1. The number of nitrogens with zero attached hydrogens (tertiary/aromatic N) is 3. The van der Waals surface area contributed by atoms with Crippen molar-refractivity contribution in [1.82, 2.24) is 14.9 Å². The van der Waals surface area contributed by atoms with Gasteiger partial charge in [0.1, 0.15) is 11.3 Å². The first-order valence-electron chi connectivity index (χ1n) is 9.26. The van der Waals surface area contributed by atoms with Crippen LogP contribution in [0.15, 0.2) is 12.4 Å². The number of aromatic nitrogens is 2. The fraction of sp³-hybridized carbons (Fsp3) is 0.684. The van der Waals surface area contributed by atoms with Crippen LogP contribution in [0.1, 0.15) is 57.7 Å². The number of hydrogen-bond acceptors (Lipinski definition) is 7. The molecule has 1 rings (SSSR count). The van der Waals surface area contributed by atoms with Crippen molar-refractivity contribution >= 4 is 20.4 Å². The Morgan fingerprint density at radius 3 is 2.10 bits per heavy atom. The summed E-state index contributed by atoms with van der Waals surface area (Å²) in [5, 5.41) is 10.9. The van der Waals surface area contributed by atoms with Crippen molar-refractivity contribution in [2.24, 2.45) is 0 Å². The van der Waals surface area contributed by atoms with Crippen molar-refractivity contribution < 1.29 is 42.7 Å². The number of hydrogen-bond donors (Lipinski definition) is 0. The largest absolute Gasteiger partial charge is 1.00 e. The van der Waals surface area contributed by atoms with E-state index in [0.717, 1.165) is 6.20 Å². The maximum atomic E-state index is 12.6. The molecule has 0 N–H and O–H groups in total. The molecule has 1 aromatic heterocycles. The molecule has 0 fully saturated rings. The maximum Gasteiger partial charge on any atom is 1.00 e. The van der Waals surface area contributed by atoms with Crippen LogP contribution in [0.4, 0.5) is 4.79 Å². The van der Waals surface area contributed by atoms with Crippen LogP contribution in [0, 0.1) is 0 Å². The van der Waals surface area contributed by atoms with Gasteiger partial charge in [0.05, 0.1) is 37.2 Å². The molecule has 0 radical (unpaired) electrons. The molecule has 0 atom stereocenters. The third-order valence-corrected chi connectivity index (χ3v) is 9.09. The van der Waals surface area contributed by atoms with Gasteiger partial charge in [-0.1, -0.05) is 20.8 Å². The van der Waals surface area contributed by atoms with Crippen LogP contribution in [-0.4, -0.2) is 54.0 Å². The predicted molar refractivity (Wildman–Crippen MR) is 106 cm³/mol. The summed E-state index contributed by atoms with van der Waals surface area (Å²) in [4.78, 5) is 32.7. The van der Waals surface area contributed by atoms with Crippen LogP contribution in [0.2, 0.25) is 18.1 Å². The first-order valence-corrected chi connectivity index (χ1v) is 12.2. The Morgan fingerprint density at radius 2 is 1.69 bits per heavy atom. The van der Waals surface area contributed by atoms with Crippen molar-refractivity contribution in [2.45, 2.75) is 71.8 Å². The second-order valence-electron chi connectivity index (χ2n) is 9.19. The van der Waals surface area contributed by atoms with E-state index in [0.29, 0.717) is 18.8 Å². The van der Waals surface area contributed by atoms with Crippen molar-refractivity contribution in [3.8, 4) is 0 Å². The summed E-state index contributed by atoms with van der Waals surface area (Å²) < 4.78 is 11.6. The third-order valence-electron chi connectivity index (χ3n) is 4.55. The average Bonchev–Trinajstić information content (AvgIpc) is 2.51. The number of amides is 1. The number of aromatic carboxylic acids is 1. The molecule has 1 heterocycles. The van der Waals surface area contributed by atoms with Gasteiger partial charge in [-0.25, -0.2) is 4.79 Å². The van der Waals surface area contributed by atoms with E-state index in [9.17, 15) is 14.7 Å². The first-order chi connectivity index (χ1) is 12.6. The van der Waals surface area contributed by atoms with E-state index in [1.807, 2.05) is 0 Å². The number of rotatable bonds is 7. The minimum absolute atomic E-state index is 0. The topological polar surface area (TPSA) is 105 Å². The van der Waals surface area contributed by atoms with Crippen LogP contribution in [0.5, 0.6) is 0 Å². The molecule has 8 nitrogen and oxygen atoms in total. The summed E-state index contributed by atoms with van der Waals surface area (Å²) >= 11 is 0. The number of carbonyl (C=O) groups excluding carboxylic acids is 2. The summed E-state index contributed by atoms with van der Waals surface area (Å²) in [6.07, 6.45) is 1.94. The van der Waals surface area contributed by atoms with Crippen LogP contribution in [0.3, 0.4) is 0 Å². The Morgan fingerprint density at radius 1 is 1.10 bits per heavy atom. The predicted octanol–water partition coefficient (Wildman–Crippen LogP) is -0.397. The van der Waals surface area contributed by atoms with Crippen LogP contribution in [-0.2, 0) is 15.7 Å². The van der Waals surface area contributed by atoms with Gasteiger partial charge in [0.25, 0.3) is 0 Å². The Balaban J connectivity index is 0.00000784. The second-order valence-corrected chi connectivity index (χ2v) is 14.0. The van der Waals surface area contributed by atoms with Gasteiger partial charge >= 0.3 is 25.0 Å². The molecule has 0 saturated heterocycles. The molecule has 0 saturated carbocycles. The van der Waals surface area contributed by atoms with Gasteiger partial charge in [-0.3, -0.25) is 14.9 Å². The Bertz CT molecular complexity index is 685.